The van der Waals surface area contributed by atoms with Crippen molar-refractivity contribution in [1.29, 1.82) is 0 Å². The van der Waals surface area contributed by atoms with E-state index in [9.17, 15) is 27.6 Å². The van der Waals surface area contributed by atoms with Gasteiger partial charge in [-0.3, -0.25) is 19.8 Å². The first-order valence-electron chi connectivity index (χ1n) is 9.97. The Kier molecular flexibility index (Phi) is 6.99. The minimum absolute atomic E-state index is 0.000903. The maximum absolute atomic E-state index is 14.2. The predicted molar refractivity (Wildman–Crippen MR) is 114 cm³/mol. The first-order chi connectivity index (χ1) is 16.5. The molecule has 1 fully saturated rings. The molecule has 3 rings (SSSR count). The molecule has 188 valence electrons. The highest BCUT2D eigenvalue weighted by Gasteiger charge is 2.68. The second-order valence-electron chi connectivity index (χ2n) is 7.29. The van der Waals surface area contributed by atoms with E-state index in [1.807, 2.05) is 0 Å². The Morgan fingerprint density at radius 2 is 1.54 bits per heavy atom. The molecule has 1 atom stereocenters. The number of carbonyl (C=O) groups is 3. The lowest BCUT2D eigenvalue weighted by Crippen LogP contribution is -2.69. The number of rotatable bonds is 8. The van der Waals surface area contributed by atoms with Crippen molar-refractivity contribution < 1.29 is 46.5 Å². The largest absolute Gasteiger partial charge is 0.497 e. The molecule has 35 heavy (non-hydrogen) atoms. The fourth-order valence-corrected chi connectivity index (χ4v) is 3.44. The van der Waals surface area contributed by atoms with E-state index in [0.29, 0.717) is 16.2 Å². The molecule has 2 N–H and O–H groups in total. The van der Waals surface area contributed by atoms with E-state index in [1.165, 1.54) is 52.7 Å². The maximum Gasteiger partial charge on any atom is 0.440 e. The van der Waals surface area contributed by atoms with E-state index in [1.54, 1.807) is 10.6 Å². The van der Waals surface area contributed by atoms with Crippen molar-refractivity contribution in [3.63, 3.8) is 0 Å². The normalized spacial score (nSPS) is 17.6. The zero-order valence-corrected chi connectivity index (χ0v) is 19.1. The SMILES string of the molecule is COc1ccc(CN2C(=O)N[C@](NC(=O)c3cc(OC)c(OC)c(OC)c3)(C(F)(F)F)C2=O)cc1. The minimum Gasteiger partial charge on any atom is -0.497 e. The Hall–Kier alpha value is -4.16. The van der Waals surface area contributed by atoms with Crippen molar-refractivity contribution in [2.24, 2.45) is 0 Å². The molecule has 1 aliphatic rings. The van der Waals surface area contributed by atoms with Crippen LogP contribution in [0.1, 0.15) is 15.9 Å². The van der Waals surface area contributed by atoms with Crippen LogP contribution < -0.4 is 29.6 Å². The van der Waals surface area contributed by atoms with Crippen LogP contribution in [0.15, 0.2) is 36.4 Å². The zero-order valence-electron chi connectivity index (χ0n) is 19.1. The van der Waals surface area contributed by atoms with Crippen LogP contribution in [0.4, 0.5) is 18.0 Å². The van der Waals surface area contributed by atoms with Crippen molar-refractivity contribution in [1.82, 2.24) is 15.5 Å². The van der Waals surface area contributed by atoms with Gasteiger partial charge in [-0.2, -0.15) is 13.2 Å². The van der Waals surface area contributed by atoms with Crippen molar-refractivity contribution in [3.05, 3.63) is 47.5 Å². The number of halogens is 3. The van der Waals surface area contributed by atoms with Crippen LogP contribution in [0.3, 0.4) is 0 Å². The summed E-state index contributed by atoms with van der Waals surface area (Å²) in [5.74, 6) is -2.42. The number of hydrogen-bond donors (Lipinski definition) is 2. The molecule has 1 saturated heterocycles. The van der Waals surface area contributed by atoms with Crippen LogP contribution in [0.2, 0.25) is 0 Å². The number of nitrogens with zero attached hydrogens (tertiary/aromatic N) is 1. The van der Waals surface area contributed by atoms with Gasteiger partial charge in [0, 0.05) is 5.56 Å². The molecule has 10 nitrogen and oxygen atoms in total. The summed E-state index contributed by atoms with van der Waals surface area (Å²) >= 11 is 0. The number of urea groups is 1. The van der Waals surface area contributed by atoms with E-state index >= 15 is 0 Å². The molecule has 0 spiro atoms. The summed E-state index contributed by atoms with van der Waals surface area (Å²) in [6.45, 7) is -0.466. The Balaban J connectivity index is 1.95. The third-order valence-corrected chi connectivity index (χ3v) is 5.26. The van der Waals surface area contributed by atoms with Crippen molar-refractivity contribution in [2.75, 3.05) is 28.4 Å². The number of amides is 4. The fourth-order valence-electron chi connectivity index (χ4n) is 3.44. The highest BCUT2D eigenvalue weighted by molar-refractivity contribution is 6.10. The monoisotopic (exact) mass is 497 g/mol. The summed E-state index contributed by atoms with van der Waals surface area (Å²) in [6, 6.07) is 6.92. The maximum atomic E-state index is 14.2. The fraction of sp³-hybridized carbons (Fsp3) is 0.318. The summed E-state index contributed by atoms with van der Waals surface area (Å²) in [5.41, 5.74) is -3.66. The van der Waals surface area contributed by atoms with Crippen molar-refractivity contribution >= 4 is 17.8 Å². The third kappa shape index (κ3) is 4.61. The zero-order chi connectivity index (χ0) is 26.0. The van der Waals surface area contributed by atoms with Crippen LogP contribution in [-0.2, 0) is 11.3 Å². The van der Waals surface area contributed by atoms with Crippen LogP contribution >= 0.6 is 0 Å². The van der Waals surface area contributed by atoms with Crippen molar-refractivity contribution in [3.8, 4) is 23.0 Å². The average Bonchev–Trinajstić information content (AvgIpc) is 3.08. The molecule has 0 saturated carbocycles. The topological polar surface area (TPSA) is 115 Å². The molecule has 0 aromatic heterocycles. The number of ether oxygens (including phenoxy) is 4. The molecule has 0 aliphatic carbocycles. The van der Waals surface area contributed by atoms with E-state index in [4.69, 9.17) is 18.9 Å². The van der Waals surface area contributed by atoms with Crippen LogP contribution in [-0.4, -0.2) is 63.0 Å². The van der Waals surface area contributed by atoms with Gasteiger partial charge < -0.3 is 24.3 Å². The Bertz CT molecular complexity index is 1110. The Labute approximate surface area is 197 Å². The van der Waals surface area contributed by atoms with E-state index in [-0.39, 0.29) is 22.8 Å². The number of methoxy groups -OCH3 is 4. The number of hydrogen-bond acceptors (Lipinski definition) is 7. The van der Waals surface area contributed by atoms with Gasteiger partial charge in [0.2, 0.25) is 5.75 Å². The van der Waals surface area contributed by atoms with Gasteiger partial charge in [0.1, 0.15) is 5.75 Å². The van der Waals surface area contributed by atoms with E-state index in [2.05, 4.69) is 0 Å². The number of nitrogens with one attached hydrogen (secondary N) is 2. The molecule has 13 heteroatoms. The lowest BCUT2D eigenvalue weighted by Gasteiger charge is -2.30. The highest BCUT2D eigenvalue weighted by atomic mass is 19.4. The molecule has 2 aromatic carbocycles. The smallest absolute Gasteiger partial charge is 0.440 e. The quantitative estimate of drug-likeness (QED) is 0.539. The first kappa shape index (κ1) is 25.5. The van der Waals surface area contributed by atoms with Gasteiger partial charge in [0.25, 0.3) is 17.5 Å². The van der Waals surface area contributed by atoms with Gasteiger partial charge in [-0.15, -0.1) is 0 Å². The molecule has 4 amide bonds. The summed E-state index contributed by atoms with van der Waals surface area (Å²) in [4.78, 5) is 38.6. The molecule has 2 aromatic rings. The number of carbonyl (C=O) groups excluding carboxylic acids is 3. The molecule has 0 unspecified atom stereocenters. The number of benzene rings is 2. The predicted octanol–water partition coefficient (Wildman–Crippen LogP) is 2.46. The summed E-state index contributed by atoms with van der Waals surface area (Å²) in [6.07, 6.45) is -5.37. The average molecular weight is 497 g/mol. The molecular weight excluding hydrogens is 475 g/mol. The van der Waals surface area contributed by atoms with Gasteiger partial charge in [0.15, 0.2) is 11.5 Å². The van der Waals surface area contributed by atoms with Gasteiger partial charge in [-0.25, -0.2) is 4.79 Å². The third-order valence-electron chi connectivity index (χ3n) is 5.26. The van der Waals surface area contributed by atoms with E-state index in [0.717, 1.165) is 12.1 Å². The minimum atomic E-state index is -5.37. The van der Waals surface area contributed by atoms with Gasteiger partial charge in [-0.05, 0) is 29.8 Å². The van der Waals surface area contributed by atoms with E-state index < -0.39 is 36.2 Å². The van der Waals surface area contributed by atoms with Crippen LogP contribution in [0.25, 0.3) is 0 Å². The molecule has 0 bridgehead atoms. The second-order valence-corrected chi connectivity index (χ2v) is 7.29. The first-order valence-corrected chi connectivity index (χ1v) is 9.97. The summed E-state index contributed by atoms with van der Waals surface area (Å²) in [5, 5.41) is 3.24. The number of imide groups is 1. The van der Waals surface area contributed by atoms with Crippen LogP contribution in [0.5, 0.6) is 23.0 Å². The molecular formula is C22H22F3N3O7. The van der Waals surface area contributed by atoms with Crippen molar-refractivity contribution in [2.45, 2.75) is 18.4 Å². The Morgan fingerprint density at radius 1 is 0.971 bits per heavy atom. The van der Waals surface area contributed by atoms with Gasteiger partial charge in [0.05, 0.1) is 35.0 Å². The molecule has 0 radical (unpaired) electrons. The lowest BCUT2D eigenvalue weighted by molar-refractivity contribution is -0.200. The molecule has 1 heterocycles. The highest BCUT2D eigenvalue weighted by Crippen LogP contribution is 2.39. The second kappa shape index (κ2) is 9.60. The molecule has 1 aliphatic heterocycles. The standard InChI is InChI=1S/C22H22F3N3O7/c1-32-14-7-5-12(6-8-14)11-28-19(30)21(22(23,24)25,27-20(28)31)26-18(29)13-9-15(33-2)17(35-4)16(10-13)34-3/h5-10H,11H2,1-4H3,(H,26,29)(H,27,31)/t21-/m0/s1. The van der Waals surface area contributed by atoms with Crippen LogP contribution in [0, 0.1) is 0 Å². The summed E-state index contributed by atoms with van der Waals surface area (Å²) < 4.78 is 62.9. The lowest BCUT2D eigenvalue weighted by atomic mass is 10.1. The number of alkyl halides is 3. The Morgan fingerprint density at radius 3 is 2.00 bits per heavy atom. The summed E-state index contributed by atoms with van der Waals surface area (Å²) in [7, 11) is 5.26. The van der Waals surface area contributed by atoms with Gasteiger partial charge >= 0.3 is 12.2 Å². The van der Waals surface area contributed by atoms with Gasteiger partial charge in [-0.1, -0.05) is 12.1 Å².